The molecule has 29 heavy (non-hydrogen) atoms. The average Bonchev–Trinajstić information content (AvgIpc) is 3.44. The van der Waals surface area contributed by atoms with Crippen LogP contribution in [0.25, 0.3) is 0 Å². The van der Waals surface area contributed by atoms with Crippen LogP contribution < -0.4 is 10.6 Å². The fourth-order valence-corrected chi connectivity index (χ4v) is 4.17. The number of aromatic nitrogens is 3. The summed E-state index contributed by atoms with van der Waals surface area (Å²) in [6.45, 7) is 2.49. The maximum atomic E-state index is 12.9. The average molecular weight is 397 g/mol. The summed E-state index contributed by atoms with van der Waals surface area (Å²) in [5, 5.41) is 10.3. The molecule has 1 saturated carbocycles. The summed E-state index contributed by atoms with van der Waals surface area (Å²) in [7, 11) is 0. The van der Waals surface area contributed by atoms with E-state index < -0.39 is 6.10 Å². The van der Waals surface area contributed by atoms with Gasteiger partial charge in [-0.2, -0.15) is 5.10 Å². The van der Waals surface area contributed by atoms with Crippen LogP contribution in [0.4, 0.5) is 5.69 Å². The fourth-order valence-electron chi connectivity index (χ4n) is 4.17. The van der Waals surface area contributed by atoms with Crippen LogP contribution in [-0.4, -0.2) is 45.3 Å². The van der Waals surface area contributed by atoms with Gasteiger partial charge in [-0.05, 0) is 63.1 Å². The van der Waals surface area contributed by atoms with Crippen molar-refractivity contribution in [2.24, 2.45) is 0 Å². The van der Waals surface area contributed by atoms with E-state index in [4.69, 9.17) is 4.74 Å². The molecule has 1 aliphatic carbocycles. The molecule has 0 spiro atoms. The van der Waals surface area contributed by atoms with Crippen molar-refractivity contribution in [1.82, 2.24) is 20.1 Å². The van der Waals surface area contributed by atoms with E-state index in [1.54, 1.807) is 24.8 Å². The molecule has 2 aromatic rings. The van der Waals surface area contributed by atoms with Gasteiger partial charge in [-0.3, -0.25) is 9.59 Å². The summed E-state index contributed by atoms with van der Waals surface area (Å²) in [4.78, 5) is 29.2. The minimum atomic E-state index is -0.396. The molecule has 0 bridgehead atoms. The zero-order valence-corrected chi connectivity index (χ0v) is 16.6. The molecule has 1 saturated heterocycles. The number of rotatable bonds is 5. The van der Waals surface area contributed by atoms with Crippen molar-refractivity contribution in [2.45, 2.75) is 63.6 Å². The van der Waals surface area contributed by atoms with Gasteiger partial charge in [0.2, 0.25) is 0 Å². The van der Waals surface area contributed by atoms with Gasteiger partial charge in [0.05, 0.1) is 6.04 Å². The predicted octanol–water partition coefficient (Wildman–Crippen LogP) is 2.62. The zero-order valence-electron chi connectivity index (χ0n) is 16.6. The summed E-state index contributed by atoms with van der Waals surface area (Å²) in [5.41, 5.74) is 2.02. The molecule has 2 N–H and O–H groups in total. The number of amides is 2. The Morgan fingerprint density at radius 2 is 2.00 bits per heavy atom. The molecule has 1 aromatic carbocycles. The molecule has 154 valence electrons. The van der Waals surface area contributed by atoms with Crippen molar-refractivity contribution in [2.75, 3.05) is 11.9 Å². The lowest BCUT2D eigenvalue weighted by Gasteiger charge is -2.29. The van der Waals surface area contributed by atoms with Crippen LogP contribution in [-0.2, 0) is 9.53 Å². The van der Waals surface area contributed by atoms with Gasteiger partial charge in [0.1, 0.15) is 18.8 Å². The van der Waals surface area contributed by atoms with Gasteiger partial charge in [-0.25, -0.2) is 9.67 Å². The fraction of sp³-hybridized carbons (Fsp3) is 0.524. The number of ether oxygens (including phenoxy) is 1. The third-order valence-electron chi connectivity index (χ3n) is 5.90. The van der Waals surface area contributed by atoms with Crippen LogP contribution in [0.3, 0.4) is 0 Å². The first kappa shape index (κ1) is 19.6. The van der Waals surface area contributed by atoms with Gasteiger partial charge >= 0.3 is 0 Å². The van der Waals surface area contributed by atoms with Crippen LogP contribution in [0.5, 0.6) is 0 Å². The highest BCUT2D eigenvalue weighted by molar-refractivity contribution is 6.00. The maximum absolute atomic E-state index is 12.9. The summed E-state index contributed by atoms with van der Waals surface area (Å²) in [6, 6.07) is 5.92. The van der Waals surface area contributed by atoms with Gasteiger partial charge in [0, 0.05) is 23.9 Å². The smallest absolute Gasteiger partial charge is 0.253 e. The first-order valence-electron chi connectivity index (χ1n) is 10.3. The second-order valence-electron chi connectivity index (χ2n) is 7.82. The molecule has 2 heterocycles. The molecule has 1 unspecified atom stereocenters. The van der Waals surface area contributed by atoms with E-state index in [1.165, 1.54) is 0 Å². The highest BCUT2D eigenvalue weighted by atomic mass is 16.5. The molecule has 8 heteroatoms. The number of hydrogen-bond donors (Lipinski definition) is 2. The third kappa shape index (κ3) is 4.48. The minimum Gasteiger partial charge on any atom is -0.368 e. The van der Waals surface area contributed by atoms with E-state index in [9.17, 15) is 9.59 Å². The number of carbonyl (C=O) groups excluding carboxylic acids is 2. The maximum Gasteiger partial charge on any atom is 0.253 e. The van der Waals surface area contributed by atoms with Crippen molar-refractivity contribution in [3.05, 3.63) is 42.0 Å². The molecule has 1 aliphatic heterocycles. The van der Waals surface area contributed by atoms with Crippen LogP contribution in [0.1, 0.15) is 60.5 Å². The van der Waals surface area contributed by atoms with Crippen LogP contribution >= 0.6 is 0 Å². The number of nitrogens with zero attached hydrogens (tertiary/aromatic N) is 3. The Labute approximate surface area is 170 Å². The lowest BCUT2D eigenvalue weighted by molar-refractivity contribution is -0.124. The lowest BCUT2D eigenvalue weighted by Crippen LogP contribution is -2.38. The normalized spacial score (nSPS) is 24.2. The summed E-state index contributed by atoms with van der Waals surface area (Å²) in [6.07, 6.45) is 8.29. The molecule has 2 aliphatic rings. The number of benzene rings is 1. The molecule has 2 fully saturated rings. The van der Waals surface area contributed by atoms with Crippen molar-refractivity contribution in [3.63, 3.8) is 0 Å². The second-order valence-corrected chi connectivity index (χ2v) is 7.82. The summed E-state index contributed by atoms with van der Waals surface area (Å²) in [5.74, 6) is -0.241. The topological polar surface area (TPSA) is 98.1 Å². The zero-order chi connectivity index (χ0) is 20.2. The number of anilines is 1. The standard InChI is InChI=1S/C21H27N5O3/c1-14-17(4-2-5-18(14)25-21(28)19-6-3-11-29-19)20(27)24-15-7-9-16(10-8-15)26-13-22-12-23-26/h2,4-5,12-13,15-16,19H,3,6-11H2,1H3,(H,24,27)(H,25,28). The van der Waals surface area contributed by atoms with Crippen LogP contribution in [0.2, 0.25) is 0 Å². The Hall–Kier alpha value is -2.74. The third-order valence-corrected chi connectivity index (χ3v) is 5.90. The summed E-state index contributed by atoms with van der Waals surface area (Å²) >= 11 is 0. The van der Waals surface area contributed by atoms with E-state index >= 15 is 0 Å². The lowest BCUT2D eigenvalue weighted by atomic mass is 9.91. The quantitative estimate of drug-likeness (QED) is 0.808. The summed E-state index contributed by atoms with van der Waals surface area (Å²) < 4.78 is 7.34. The van der Waals surface area contributed by atoms with Crippen molar-refractivity contribution < 1.29 is 14.3 Å². The molecule has 8 nitrogen and oxygen atoms in total. The first-order chi connectivity index (χ1) is 14.1. The number of nitrogens with one attached hydrogen (secondary N) is 2. The van der Waals surface area contributed by atoms with Crippen molar-refractivity contribution in [1.29, 1.82) is 0 Å². The van der Waals surface area contributed by atoms with Gasteiger partial charge in [0.25, 0.3) is 11.8 Å². The van der Waals surface area contributed by atoms with Gasteiger partial charge in [-0.15, -0.1) is 0 Å². The van der Waals surface area contributed by atoms with Gasteiger partial charge in [-0.1, -0.05) is 6.07 Å². The van der Waals surface area contributed by atoms with E-state index in [2.05, 4.69) is 20.7 Å². The highest BCUT2D eigenvalue weighted by Gasteiger charge is 2.26. The van der Waals surface area contributed by atoms with Crippen molar-refractivity contribution >= 4 is 17.5 Å². The second kappa shape index (κ2) is 8.73. The molecule has 2 amide bonds. The van der Waals surface area contributed by atoms with E-state index in [0.29, 0.717) is 23.9 Å². The van der Waals surface area contributed by atoms with Crippen LogP contribution in [0, 0.1) is 6.92 Å². The highest BCUT2D eigenvalue weighted by Crippen LogP contribution is 2.28. The predicted molar refractivity (Wildman–Crippen MR) is 108 cm³/mol. The Balaban J connectivity index is 1.35. The Morgan fingerprint density at radius 3 is 2.69 bits per heavy atom. The van der Waals surface area contributed by atoms with E-state index in [1.807, 2.05) is 17.7 Å². The molecule has 1 aromatic heterocycles. The minimum absolute atomic E-state index is 0.0973. The molecular weight excluding hydrogens is 370 g/mol. The number of hydrogen-bond acceptors (Lipinski definition) is 5. The SMILES string of the molecule is Cc1c(NC(=O)C2CCCO2)cccc1C(=O)NC1CCC(n2cncn2)CC1. The van der Waals surface area contributed by atoms with Crippen LogP contribution in [0.15, 0.2) is 30.9 Å². The molecule has 0 radical (unpaired) electrons. The Bertz CT molecular complexity index is 853. The largest absolute Gasteiger partial charge is 0.368 e. The van der Waals surface area contributed by atoms with Gasteiger partial charge < -0.3 is 15.4 Å². The number of carbonyl (C=O) groups is 2. The molecule has 1 atom stereocenters. The Kier molecular flexibility index (Phi) is 5.89. The van der Waals surface area contributed by atoms with Crippen molar-refractivity contribution in [3.8, 4) is 0 Å². The van der Waals surface area contributed by atoms with Gasteiger partial charge in [0.15, 0.2) is 0 Å². The molecule has 4 rings (SSSR count). The van der Waals surface area contributed by atoms with E-state index in [-0.39, 0.29) is 17.9 Å². The Morgan fingerprint density at radius 1 is 1.17 bits per heavy atom. The molecular formula is C21H27N5O3. The van der Waals surface area contributed by atoms with E-state index in [0.717, 1.165) is 44.1 Å². The monoisotopic (exact) mass is 397 g/mol. The first-order valence-corrected chi connectivity index (χ1v) is 10.3.